The molecule has 0 aliphatic heterocycles. The number of aromatic nitrogens is 3. The van der Waals surface area contributed by atoms with Gasteiger partial charge in [-0.3, -0.25) is 5.10 Å². The normalized spacial score (nSPS) is 10.7. The third kappa shape index (κ3) is 3.86. The molecule has 1 aromatic carbocycles. The van der Waals surface area contributed by atoms with Crippen LogP contribution in [0.15, 0.2) is 46.9 Å². The number of thioether (sulfide) groups is 1. The number of rotatable bonds is 6. The van der Waals surface area contributed by atoms with Crippen LogP contribution in [-0.2, 0) is 0 Å². The molecule has 6 heteroatoms. The minimum atomic E-state index is 0.636. The Morgan fingerprint density at radius 1 is 1.29 bits per heavy atom. The van der Waals surface area contributed by atoms with Gasteiger partial charge in [0.15, 0.2) is 5.82 Å². The molecule has 2 aromatic heterocycles. The smallest absolute Gasteiger partial charge is 0.208 e. The maximum absolute atomic E-state index is 5.70. The molecule has 4 nitrogen and oxygen atoms in total. The van der Waals surface area contributed by atoms with Gasteiger partial charge in [-0.05, 0) is 36.1 Å². The van der Waals surface area contributed by atoms with Gasteiger partial charge in [-0.15, -0.1) is 16.4 Å². The van der Waals surface area contributed by atoms with Crippen molar-refractivity contribution in [2.24, 2.45) is 0 Å². The fraction of sp³-hybridized carbons (Fsp3) is 0.200. The number of benzene rings is 1. The van der Waals surface area contributed by atoms with E-state index in [-0.39, 0.29) is 0 Å². The van der Waals surface area contributed by atoms with Crippen molar-refractivity contribution in [3.63, 3.8) is 0 Å². The van der Waals surface area contributed by atoms with Crippen LogP contribution in [0.2, 0.25) is 0 Å². The SMILES string of the molecule is Cc1cccc(OCCSc2n[nH]c(-c3cccs3)n2)c1. The molecular formula is C15H15N3OS2. The number of hydrogen-bond donors (Lipinski definition) is 1. The molecule has 3 aromatic rings. The number of hydrogen-bond acceptors (Lipinski definition) is 5. The molecule has 0 unspecified atom stereocenters. The maximum Gasteiger partial charge on any atom is 0.208 e. The molecule has 21 heavy (non-hydrogen) atoms. The number of thiophene rings is 1. The molecule has 2 heterocycles. The first-order valence-electron chi connectivity index (χ1n) is 6.60. The monoisotopic (exact) mass is 317 g/mol. The highest BCUT2D eigenvalue weighted by Gasteiger charge is 2.06. The van der Waals surface area contributed by atoms with Crippen molar-refractivity contribution >= 4 is 23.1 Å². The summed E-state index contributed by atoms with van der Waals surface area (Å²) in [7, 11) is 0. The van der Waals surface area contributed by atoms with Gasteiger partial charge >= 0.3 is 0 Å². The number of H-pyrrole nitrogens is 1. The van der Waals surface area contributed by atoms with Crippen LogP contribution >= 0.6 is 23.1 Å². The third-order valence-corrected chi connectivity index (χ3v) is 4.48. The van der Waals surface area contributed by atoms with Crippen molar-refractivity contribution in [3.05, 3.63) is 47.3 Å². The number of ether oxygens (including phenoxy) is 1. The summed E-state index contributed by atoms with van der Waals surface area (Å²) in [4.78, 5) is 5.56. The molecular weight excluding hydrogens is 302 g/mol. The first-order chi connectivity index (χ1) is 10.3. The van der Waals surface area contributed by atoms with Gasteiger partial charge in [0.25, 0.3) is 0 Å². The van der Waals surface area contributed by atoms with Crippen LogP contribution in [0.3, 0.4) is 0 Å². The predicted octanol–water partition coefficient (Wildman–Crippen LogP) is 4.01. The van der Waals surface area contributed by atoms with Crippen LogP contribution in [0.1, 0.15) is 5.56 Å². The van der Waals surface area contributed by atoms with Crippen molar-refractivity contribution in [2.75, 3.05) is 12.4 Å². The maximum atomic E-state index is 5.70. The number of aromatic amines is 1. The lowest BCUT2D eigenvalue weighted by Gasteiger charge is -2.05. The number of aryl methyl sites for hydroxylation is 1. The zero-order valence-electron chi connectivity index (χ0n) is 11.6. The molecule has 0 radical (unpaired) electrons. The summed E-state index contributed by atoms with van der Waals surface area (Å²) in [5.74, 6) is 2.55. The summed E-state index contributed by atoms with van der Waals surface area (Å²) >= 11 is 3.24. The Bertz CT molecular complexity index is 695. The molecule has 0 saturated heterocycles. The highest BCUT2D eigenvalue weighted by atomic mass is 32.2. The highest BCUT2D eigenvalue weighted by molar-refractivity contribution is 7.99. The molecule has 0 aliphatic rings. The molecule has 1 N–H and O–H groups in total. The Morgan fingerprint density at radius 3 is 3.05 bits per heavy atom. The summed E-state index contributed by atoms with van der Waals surface area (Å²) in [6, 6.07) is 12.1. The second kappa shape index (κ2) is 6.78. The molecule has 0 saturated carbocycles. The standard InChI is InChI=1S/C15H15N3OS2/c1-11-4-2-5-12(10-11)19-7-9-21-15-16-14(17-18-15)13-6-3-8-20-13/h2-6,8,10H,7,9H2,1H3,(H,16,17,18). The minimum Gasteiger partial charge on any atom is -0.493 e. The van der Waals surface area contributed by atoms with Crippen molar-refractivity contribution in [1.82, 2.24) is 15.2 Å². The zero-order chi connectivity index (χ0) is 14.5. The average molecular weight is 317 g/mol. The quantitative estimate of drug-likeness (QED) is 0.551. The van der Waals surface area contributed by atoms with Gasteiger partial charge in [-0.1, -0.05) is 30.0 Å². The third-order valence-electron chi connectivity index (χ3n) is 2.79. The summed E-state index contributed by atoms with van der Waals surface area (Å²) < 4.78 is 5.70. The Balaban J connectivity index is 1.48. The molecule has 0 spiro atoms. The van der Waals surface area contributed by atoms with Crippen LogP contribution in [0.25, 0.3) is 10.7 Å². The lowest BCUT2D eigenvalue weighted by atomic mass is 10.2. The number of nitrogens with one attached hydrogen (secondary N) is 1. The van der Waals surface area contributed by atoms with E-state index >= 15 is 0 Å². The van der Waals surface area contributed by atoms with Gasteiger partial charge < -0.3 is 4.74 Å². The van der Waals surface area contributed by atoms with E-state index in [1.165, 1.54) is 5.56 Å². The first kappa shape index (κ1) is 14.2. The van der Waals surface area contributed by atoms with Crippen LogP contribution in [0.4, 0.5) is 0 Å². The summed E-state index contributed by atoms with van der Waals surface area (Å²) in [6.45, 7) is 2.69. The van der Waals surface area contributed by atoms with Gasteiger partial charge in [0.05, 0.1) is 11.5 Å². The van der Waals surface area contributed by atoms with Crippen LogP contribution in [0.5, 0.6) is 5.75 Å². The van der Waals surface area contributed by atoms with E-state index in [9.17, 15) is 0 Å². The molecule has 0 aliphatic carbocycles. The lowest BCUT2D eigenvalue weighted by molar-refractivity contribution is 0.343. The Hall–Kier alpha value is -1.79. The van der Waals surface area contributed by atoms with Gasteiger partial charge in [0, 0.05) is 5.75 Å². The number of nitrogens with zero attached hydrogens (tertiary/aromatic N) is 2. The minimum absolute atomic E-state index is 0.636. The largest absolute Gasteiger partial charge is 0.493 e. The lowest BCUT2D eigenvalue weighted by Crippen LogP contribution is -2.00. The van der Waals surface area contributed by atoms with Crippen molar-refractivity contribution in [1.29, 1.82) is 0 Å². The van der Waals surface area contributed by atoms with Gasteiger partial charge in [-0.25, -0.2) is 4.98 Å². The predicted molar refractivity (Wildman–Crippen MR) is 87.1 cm³/mol. The van der Waals surface area contributed by atoms with E-state index in [1.807, 2.05) is 35.7 Å². The molecule has 0 atom stereocenters. The van der Waals surface area contributed by atoms with Gasteiger partial charge in [0.2, 0.25) is 5.16 Å². The van der Waals surface area contributed by atoms with Crippen LogP contribution < -0.4 is 4.74 Å². The second-order valence-electron chi connectivity index (χ2n) is 4.46. The molecule has 0 fully saturated rings. The molecule has 108 valence electrons. The van der Waals surface area contributed by atoms with E-state index in [4.69, 9.17) is 4.74 Å². The fourth-order valence-electron chi connectivity index (χ4n) is 1.83. The first-order valence-corrected chi connectivity index (χ1v) is 8.46. The Morgan fingerprint density at radius 2 is 2.24 bits per heavy atom. The fourth-order valence-corrected chi connectivity index (χ4v) is 3.11. The Kier molecular flexibility index (Phi) is 4.57. The van der Waals surface area contributed by atoms with E-state index in [0.29, 0.717) is 6.61 Å². The van der Waals surface area contributed by atoms with Gasteiger partial charge in [-0.2, -0.15) is 0 Å². The van der Waals surface area contributed by atoms with E-state index < -0.39 is 0 Å². The highest BCUT2D eigenvalue weighted by Crippen LogP contribution is 2.23. The molecule has 0 bridgehead atoms. The van der Waals surface area contributed by atoms with E-state index in [0.717, 1.165) is 27.4 Å². The van der Waals surface area contributed by atoms with Gasteiger partial charge in [0.1, 0.15) is 5.75 Å². The molecule has 0 amide bonds. The topological polar surface area (TPSA) is 50.8 Å². The van der Waals surface area contributed by atoms with Crippen LogP contribution in [-0.4, -0.2) is 27.5 Å². The zero-order valence-corrected chi connectivity index (χ0v) is 13.2. The van der Waals surface area contributed by atoms with Crippen molar-refractivity contribution < 1.29 is 4.74 Å². The van der Waals surface area contributed by atoms with E-state index in [2.05, 4.69) is 28.2 Å². The summed E-state index contributed by atoms with van der Waals surface area (Å²) in [5.41, 5.74) is 1.20. The molecule has 3 rings (SSSR count). The average Bonchev–Trinajstić information content (AvgIpc) is 3.14. The summed E-state index contributed by atoms with van der Waals surface area (Å²) in [6.07, 6.45) is 0. The van der Waals surface area contributed by atoms with E-state index in [1.54, 1.807) is 23.1 Å². The van der Waals surface area contributed by atoms with Crippen molar-refractivity contribution in [2.45, 2.75) is 12.1 Å². The van der Waals surface area contributed by atoms with Crippen molar-refractivity contribution in [3.8, 4) is 16.5 Å². The van der Waals surface area contributed by atoms with Crippen LogP contribution in [0, 0.1) is 6.92 Å². The second-order valence-corrected chi connectivity index (χ2v) is 6.47. The summed E-state index contributed by atoms with van der Waals surface area (Å²) in [5, 5.41) is 9.95. The Labute approximate surface area is 131 Å².